The molecule has 3 aromatic carbocycles. The van der Waals surface area contributed by atoms with Crippen molar-refractivity contribution in [2.75, 3.05) is 13.1 Å². The Morgan fingerprint density at radius 3 is 1.97 bits per heavy atom. The van der Waals surface area contributed by atoms with Gasteiger partial charge in [-0.25, -0.2) is 8.42 Å². The summed E-state index contributed by atoms with van der Waals surface area (Å²) in [6.45, 7) is 7.03. The summed E-state index contributed by atoms with van der Waals surface area (Å²) in [4.78, 5) is 0.334. The van der Waals surface area contributed by atoms with Gasteiger partial charge in [-0.05, 0) is 30.2 Å². The zero-order chi connectivity index (χ0) is 20.4. The molecular weight excluding hydrogens is 378 g/mol. The van der Waals surface area contributed by atoms with Crippen molar-refractivity contribution in [3.05, 3.63) is 114 Å². The van der Waals surface area contributed by atoms with Crippen molar-refractivity contribution >= 4 is 10.0 Å². The van der Waals surface area contributed by atoms with Crippen LogP contribution in [0.1, 0.15) is 28.5 Å². The molecule has 2 atom stereocenters. The molecule has 148 valence electrons. The van der Waals surface area contributed by atoms with E-state index in [9.17, 15) is 8.42 Å². The summed E-state index contributed by atoms with van der Waals surface area (Å²) in [5.41, 5.74) is 4.27. The van der Waals surface area contributed by atoms with Gasteiger partial charge in [0.15, 0.2) is 0 Å². The predicted octanol–water partition coefficient (Wildman–Crippen LogP) is 5.12. The summed E-state index contributed by atoms with van der Waals surface area (Å²) in [5.74, 6) is 0.100. The van der Waals surface area contributed by atoms with E-state index < -0.39 is 10.0 Å². The largest absolute Gasteiger partial charge is 0.243 e. The van der Waals surface area contributed by atoms with E-state index in [0.29, 0.717) is 18.0 Å². The third kappa shape index (κ3) is 3.91. The lowest BCUT2D eigenvalue weighted by Crippen LogP contribution is -2.43. The van der Waals surface area contributed by atoms with Crippen molar-refractivity contribution in [2.45, 2.75) is 23.7 Å². The van der Waals surface area contributed by atoms with Crippen LogP contribution in [-0.4, -0.2) is 25.8 Å². The van der Waals surface area contributed by atoms with E-state index >= 15 is 0 Å². The SMILES string of the molecule is C=C1CN(S(=O)(=O)c2ccc(C)cc2)C[C@@H](c2ccccc2)[C@@H]1c1ccccc1. The van der Waals surface area contributed by atoms with Crippen LogP contribution in [0, 0.1) is 6.92 Å². The van der Waals surface area contributed by atoms with Gasteiger partial charge in [0, 0.05) is 24.9 Å². The van der Waals surface area contributed by atoms with E-state index in [1.54, 1.807) is 16.4 Å². The van der Waals surface area contributed by atoms with Gasteiger partial charge in [0.05, 0.1) is 4.90 Å². The average Bonchev–Trinajstić information content (AvgIpc) is 2.74. The lowest BCUT2D eigenvalue weighted by molar-refractivity contribution is 0.341. The van der Waals surface area contributed by atoms with Crippen molar-refractivity contribution in [1.82, 2.24) is 4.31 Å². The maximum absolute atomic E-state index is 13.3. The lowest BCUT2D eigenvalue weighted by Gasteiger charge is -2.40. The van der Waals surface area contributed by atoms with E-state index in [-0.39, 0.29) is 11.8 Å². The quantitative estimate of drug-likeness (QED) is 0.567. The fourth-order valence-electron chi connectivity index (χ4n) is 4.17. The van der Waals surface area contributed by atoms with Gasteiger partial charge in [-0.3, -0.25) is 0 Å². The summed E-state index contributed by atoms with van der Waals surface area (Å²) in [7, 11) is -3.59. The second kappa shape index (κ2) is 7.97. The molecule has 0 aromatic heterocycles. The number of nitrogens with zero attached hydrogens (tertiary/aromatic N) is 1. The summed E-state index contributed by atoms with van der Waals surface area (Å²) in [6.07, 6.45) is 0. The van der Waals surface area contributed by atoms with Crippen LogP contribution >= 0.6 is 0 Å². The summed E-state index contributed by atoms with van der Waals surface area (Å²) in [6, 6.07) is 27.5. The van der Waals surface area contributed by atoms with Gasteiger partial charge in [-0.2, -0.15) is 4.31 Å². The first kappa shape index (κ1) is 19.6. The number of aryl methyl sites for hydroxylation is 1. The highest BCUT2D eigenvalue weighted by atomic mass is 32.2. The van der Waals surface area contributed by atoms with Crippen LogP contribution in [-0.2, 0) is 10.0 Å². The zero-order valence-electron chi connectivity index (χ0n) is 16.5. The Bertz CT molecular complexity index is 1090. The van der Waals surface area contributed by atoms with Crippen molar-refractivity contribution in [2.24, 2.45) is 0 Å². The minimum atomic E-state index is -3.59. The Labute approximate surface area is 173 Å². The fraction of sp³-hybridized carbons (Fsp3) is 0.200. The van der Waals surface area contributed by atoms with Crippen LogP contribution in [0.3, 0.4) is 0 Å². The lowest BCUT2D eigenvalue weighted by atomic mass is 9.75. The Morgan fingerprint density at radius 1 is 0.828 bits per heavy atom. The van der Waals surface area contributed by atoms with Gasteiger partial charge in [0.1, 0.15) is 0 Å². The molecule has 0 aliphatic carbocycles. The first-order valence-corrected chi connectivity index (χ1v) is 11.2. The minimum Gasteiger partial charge on any atom is -0.207 e. The molecule has 0 saturated carbocycles. The number of hydrogen-bond acceptors (Lipinski definition) is 2. The molecule has 0 unspecified atom stereocenters. The first-order chi connectivity index (χ1) is 14.0. The first-order valence-electron chi connectivity index (χ1n) is 9.81. The number of piperidine rings is 1. The third-order valence-electron chi connectivity index (χ3n) is 5.67. The molecule has 3 nitrogen and oxygen atoms in total. The highest BCUT2D eigenvalue weighted by Crippen LogP contribution is 2.43. The van der Waals surface area contributed by atoms with Gasteiger partial charge in [-0.1, -0.05) is 90.5 Å². The van der Waals surface area contributed by atoms with Crippen molar-refractivity contribution in [1.29, 1.82) is 0 Å². The zero-order valence-corrected chi connectivity index (χ0v) is 17.3. The van der Waals surface area contributed by atoms with E-state index in [2.05, 4.69) is 30.8 Å². The summed E-state index contributed by atoms with van der Waals surface area (Å²) in [5, 5.41) is 0. The van der Waals surface area contributed by atoms with Crippen LogP contribution in [0.4, 0.5) is 0 Å². The molecular formula is C25H25NO2S. The minimum absolute atomic E-state index is 0.0140. The van der Waals surface area contributed by atoms with Crippen LogP contribution < -0.4 is 0 Å². The second-order valence-electron chi connectivity index (χ2n) is 7.67. The fourth-order valence-corrected chi connectivity index (χ4v) is 5.64. The molecule has 4 heteroatoms. The Kier molecular flexibility index (Phi) is 5.39. The average molecular weight is 404 g/mol. The van der Waals surface area contributed by atoms with Gasteiger partial charge >= 0.3 is 0 Å². The van der Waals surface area contributed by atoms with Crippen molar-refractivity contribution in [3.8, 4) is 0 Å². The van der Waals surface area contributed by atoms with E-state index in [0.717, 1.165) is 16.7 Å². The molecule has 4 rings (SSSR count). The topological polar surface area (TPSA) is 37.4 Å². The molecule has 0 spiro atoms. The van der Waals surface area contributed by atoms with Crippen LogP contribution in [0.2, 0.25) is 0 Å². The van der Waals surface area contributed by atoms with Gasteiger partial charge < -0.3 is 0 Å². The van der Waals surface area contributed by atoms with E-state index in [4.69, 9.17) is 0 Å². The highest BCUT2D eigenvalue weighted by molar-refractivity contribution is 7.89. The Hall–Kier alpha value is -2.69. The van der Waals surface area contributed by atoms with Crippen LogP contribution in [0.25, 0.3) is 0 Å². The van der Waals surface area contributed by atoms with Crippen LogP contribution in [0.5, 0.6) is 0 Å². The number of benzene rings is 3. The monoisotopic (exact) mass is 403 g/mol. The smallest absolute Gasteiger partial charge is 0.207 e. The number of hydrogen-bond donors (Lipinski definition) is 0. The number of sulfonamides is 1. The van der Waals surface area contributed by atoms with Crippen molar-refractivity contribution in [3.63, 3.8) is 0 Å². The van der Waals surface area contributed by atoms with Crippen LogP contribution in [0.15, 0.2) is 102 Å². The highest BCUT2D eigenvalue weighted by Gasteiger charge is 2.38. The molecule has 3 aromatic rings. The van der Waals surface area contributed by atoms with Crippen molar-refractivity contribution < 1.29 is 8.42 Å². The second-order valence-corrected chi connectivity index (χ2v) is 9.61. The molecule has 0 amide bonds. The van der Waals surface area contributed by atoms with E-state index in [1.807, 2.05) is 55.5 Å². The van der Waals surface area contributed by atoms with Gasteiger partial charge in [0.2, 0.25) is 10.0 Å². The Balaban J connectivity index is 1.74. The molecule has 0 N–H and O–H groups in total. The molecule has 1 aliphatic heterocycles. The standard InChI is InChI=1S/C25H25NO2S/c1-19-13-15-23(16-14-19)29(27,28)26-17-20(2)25(22-11-7-4-8-12-22)24(18-26)21-9-5-3-6-10-21/h3-16,24-25H,2,17-18H2,1H3/t24-,25-/m0/s1. The van der Waals surface area contributed by atoms with Gasteiger partial charge in [-0.15, -0.1) is 0 Å². The summed E-state index contributed by atoms with van der Waals surface area (Å²) < 4.78 is 28.3. The normalized spacial score (nSPS) is 20.5. The molecule has 0 bridgehead atoms. The maximum Gasteiger partial charge on any atom is 0.243 e. The molecule has 1 heterocycles. The number of rotatable bonds is 4. The summed E-state index contributed by atoms with van der Waals surface area (Å²) >= 11 is 0. The molecule has 29 heavy (non-hydrogen) atoms. The molecule has 1 aliphatic rings. The van der Waals surface area contributed by atoms with E-state index in [1.165, 1.54) is 5.56 Å². The van der Waals surface area contributed by atoms with Gasteiger partial charge in [0.25, 0.3) is 0 Å². The predicted molar refractivity (Wildman–Crippen MR) is 117 cm³/mol. The maximum atomic E-state index is 13.3. The third-order valence-corrected chi connectivity index (χ3v) is 7.49. The molecule has 1 saturated heterocycles. The molecule has 1 fully saturated rings. The Morgan fingerprint density at radius 2 is 1.38 bits per heavy atom. The molecule has 0 radical (unpaired) electrons.